The van der Waals surface area contributed by atoms with Crippen LogP contribution in [0.3, 0.4) is 0 Å². The summed E-state index contributed by atoms with van der Waals surface area (Å²) in [5, 5.41) is 0.530. The van der Waals surface area contributed by atoms with Gasteiger partial charge in [0.25, 0.3) is 0 Å². The second-order valence-corrected chi connectivity index (χ2v) is 8.10. The molecule has 1 saturated heterocycles. The predicted octanol–water partition coefficient (Wildman–Crippen LogP) is 4.51. The summed E-state index contributed by atoms with van der Waals surface area (Å²) in [7, 11) is 3.22. The first kappa shape index (κ1) is 20.2. The maximum absolute atomic E-state index is 6.34. The summed E-state index contributed by atoms with van der Waals surface area (Å²) in [5.74, 6) is 1.26. The molecule has 0 saturated carbocycles. The standard InChI is InChI=1S/C21H25ClN4O2S/c1-27-19-12-20(28-2)17(22)11-16(19)18-13-26-9-6-15(10-21(26)23-18)25-7-4-14(5-8-25)24-29-3/h6,9-14,24H,4-5,7-8H2,1-3H3. The van der Waals surface area contributed by atoms with Crippen LogP contribution in [0.4, 0.5) is 5.69 Å². The fourth-order valence-electron chi connectivity index (χ4n) is 3.78. The fraction of sp³-hybridized carbons (Fsp3) is 0.381. The summed E-state index contributed by atoms with van der Waals surface area (Å²) in [5.41, 5.74) is 3.76. The Labute approximate surface area is 180 Å². The van der Waals surface area contributed by atoms with Crippen molar-refractivity contribution in [3.8, 4) is 22.8 Å². The number of nitrogens with one attached hydrogen (secondary N) is 1. The van der Waals surface area contributed by atoms with Gasteiger partial charge in [-0.2, -0.15) is 0 Å². The maximum atomic E-state index is 6.34. The summed E-state index contributed by atoms with van der Waals surface area (Å²) in [6, 6.07) is 8.52. The van der Waals surface area contributed by atoms with Crippen molar-refractivity contribution in [2.45, 2.75) is 18.9 Å². The molecule has 0 spiro atoms. The number of aromatic nitrogens is 2. The van der Waals surface area contributed by atoms with Gasteiger partial charge in [-0.3, -0.25) is 4.72 Å². The zero-order chi connectivity index (χ0) is 20.4. The normalized spacial score (nSPS) is 15.1. The SMILES string of the molecule is COc1cc(OC)c(-c2cn3ccc(N4CCC(NSC)CC4)cc3n2)cc1Cl. The molecule has 0 bridgehead atoms. The Morgan fingerprint density at radius 3 is 2.59 bits per heavy atom. The number of hydrogen-bond acceptors (Lipinski definition) is 6. The Hall–Kier alpha value is -2.09. The number of ether oxygens (including phenoxy) is 2. The predicted molar refractivity (Wildman–Crippen MR) is 121 cm³/mol. The van der Waals surface area contributed by atoms with Gasteiger partial charge in [-0.05, 0) is 31.2 Å². The Kier molecular flexibility index (Phi) is 6.08. The lowest BCUT2D eigenvalue weighted by Crippen LogP contribution is -2.40. The van der Waals surface area contributed by atoms with Crippen molar-refractivity contribution < 1.29 is 9.47 Å². The number of piperidine rings is 1. The molecule has 1 N–H and O–H groups in total. The van der Waals surface area contributed by atoms with Crippen LogP contribution in [0, 0.1) is 0 Å². The zero-order valence-electron chi connectivity index (χ0n) is 16.8. The number of fused-ring (bicyclic) bond motifs is 1. The molecule has 1 aliphatic heterocycles. The summed E-state index contributed by atoms with van der Waals surface area (Å²) in [4.78, 5) is 7.26. The van der Waals surface area contributed by atoms with Crippen LogP contribution in [0.25, 0.3) is 16.9 Å². The average Bonchev–Trinajstić information content (AvgIpc) is 3.17. The largest absolute Gasteiger partial charge is 0.496 e. The van der Waals surface area contributed by atoms with Crippen molar-refractivity contribution in [1.82, 2.24) is 14.1 Å². The molecular formula is C21H25ClN4O2S. The number of pyridine rings is 1. The lowest BCUT2D eigenvalue weighted by Gasteiger charge is -2.33. The van der Waals surface area contributed by atoms with Gasteiger partial charge in [-0.15, -0.1) is 0 Å². The molecule has 29 heavy (non-hydrogen) atoms. The molecular weight excluding hydrogens is 408 g/mol. The lowest BCUT2D eigenvalue weighted by atomic mass is 10.1. The van der Waals surface area contributed by atoms with Gasteiger partial charge in [-0.25, -0.2) is 4.98 Å². The molecule has 0 radical (unpaired) electrons. The first-order valence-electron chi connectivity index (χ1n) is 9.57. The monoisotopic (exact) mass is 432 g/mol. The van der Waals surface area contributed by atoms with Gasteiger partial charge < -0.3 is 18.8 Å². The second kappa shape index (κ2) is 8.73. The topological polar surface area (TPSA) is 51.0 Å². The molecule has 6 nitrogen and oxygen atoms in total. The van der Waals surface area contributed by atoms with E-state index in [1.54, 1.807) is 32.2 Å². The van der Waals surface area contributed by atoms with Crippen molar-refractivity contribution in [3.05, 3.63) is 41.7 Å². The molecule has 2 aromatic heterocycles. The van der Waals surface area contributed by atoms with E-state index in [0.29, 0.717) is 22.6 Å². The van der Waals surface area contributed by atoms with Gasteiger partial charge in [0.05, 0.1) is 24.9 Å². The van der Waals surface area contributed by atoms with Crippen LogP contribution >= 0.6 is 23.5 Å². The Balaban J connectivity index is 1.62. The minimum absolute atomic E-state index is 0.530. The van der Waals surface area contributed by atoms with E-state index in [4.69, 9.17) is 26.1 Å². The van der Waals surface area contributed by atoms with Gasteiger partial charge in [0.1, 0.15) is 17.1 Å². The van der Waals surface area contributed by atoms with E-state index < -0.39 is 0 Å². The van der Waals surface area contributed by atoms with E-state index in [1.807, 2.05) is 16.7 Å². The average molecular weight is 433 g/mol. The van der Waals surface area contributed by atoms with Gasteiger partial charge in [0.15, 0.2) is 0 Å². The minimum atomic E-state index is 0.530. The van der Waals surface area contributed by atoms with Crippen LogP contribution in [0.1, 0.15) is 12.8 Å². The van der Waals surface area contributed by atoms with E-state index in [-0.39, 0.29) is 0 Å². The Bertz CT molecular complexity index is 1000. The number of methoxy groups -OCH3 is 2. The van der Waals surface area contributed by atoms with Crippen LogP contribution < -0.4 is 19.1 Å². The smallest absolute Gasteiger partial charge is 0.141 e. The first-order valence-corrected chi connectivity index (χ1v) is 11.2. The van der Waals surface area contributed by atoms with Crippen LogP contribution in [-0.4, -0.2) is 49.0 Å². The highest BCUT2D eigenvalue weighted by Crippen LogP contribution is 2.38. The molecule has 3 aromatic rings. The third kappa shape index (κ3) is 4.13. The molecule has 1 fully saturated rings. The number of benzene rings is 1. The van der Waals surface area contributed by atoms with Crippen molar-refractivity contribution in [2.75, 3.05) is 38.5 Å². The molecule has 154 valence electrons. The Morgan fingerprint density at radius 1 is 1.14 bits per heavy atom. The Morgan fingerprint density at radius 2 is 1.90 bits per heavy atom. The summed E-state index contributed by atoms with van der Waals surface area (Å²) >= 11 is 8.04. The molecule has 1 aromatic carbocycles. The van der Waals surface area contributed by atoms with Crippen molar-refractivity contribution in [2.24, 2.45) is 0 Å². The van der Waals surface area contributed by atoms with Gasteiger partial charge in [-0.1, -0.05) is 23.5 Å². The summed E-state index contributed by atoms with van der Waals surface area (Å²) in [6.07, 6.45) is 8.43. The van der Waals surface area contributed by atoms with E-state index >= 15 is 0 Å². The van der Waals surface area contributed by atoms with Crippen LogP contribution in [0.5, 0.6) is 11.5 Å². The van der Waals surface area contributed by atoms with Crippen molar-refractivity contribution in [3.63, 3.8) is 0 Å². The number of halogens is 1. The fourth-order valence-corrected chi connectivity index (χ4v) is 4.59. The molecule has 0 amide bonds. The third-order valence-corrected chi connectivity index (χ3v) is 6.20. The van der Waals surface area contributed by atoms with Gasteiger partial charge >= 0.3 is 0 Å². The van der Waals surface area contributed by atoms with Gasteiger partial charge in [0, 0.05) is 54.9 Å². The second-order valence-electron chi connectivity index (χ2n) is 7.05. The zero-order valence-corrected chi connectivity index (χ0v) is 18.4. The highest BCUT2D eigenvalue weighted by Gasteiger charge is 2.20. The third-order valence-electron chi connectivity index (χ3n) is 5.34. The number of rotatable bonds is 6. The summed E-state index contributed by atoms with van der Waals surface area (Å²) in [6.45, 7) is 2.09. The molecule has 3 heterocycles. The van der Waals surface area contributed by atoms with E-state index in [9.17, 15) is 0 Å². The van der Waals surface area contributed by atoms with Crippen molar-refractivity contribution in [1.29, 1.82) is 0 Å². The number of hydrogen-bond donors (Lipinski definition) is 1. The maximum Gasteiger partial charge on any atom is 0.141 e. The van der Waals surface area contributed by atoms with Crippen molar-refractivity contribution >= 4 is 34.9 Å². The highest BCUT2D eigenvalue weighted by atomic mass is 35.5. The quantitative estimate of drug-likeness (QED) is 0.578. The molecule has 0 atom stereocenters. The number of imidazole rings is 1. The van der Waals surface area contributed by atoms with Crippen LogP contribution in [-0.2, 0) is 0 Å². The molecule has 4 rings (SSSR count). The molecule has 0 unspecified atom stereocenters. The van der Waals surface area contributed by atoms with Gasteiger partial charge in [0.2, 0.25) is 0 Å². The summed E-state index contributed by atoms with van der Waals surface area (Å²) < 4.78 is 16.3. The number of nitrogens with zero attached hydrogens (tertiary/aromatic N) is 3. The van der Waals surface area contributed by atoms with E-state index in [2.05, 4.69) is 34.2 Å². The minimum Gasteiger partial charge on any atom is -0.496 e. The molecule has 1 aliphatic rings. The van der Waals surface area contributed by atoms with E-state index in [0.717, 1.165) is 42.8 Å². The highest BCUT2D eigenvalue weighted by molar-refractivity contribution is 7.96. The molecule has 8 heteroatoms. The van der Waals surface area contributed by atoms with E-state index in [1.165, 1.54) is 5.69 Å². The number of anilines is 1. The lowest BCUT2D eigenvalue weighted by molar-refractivity contribution is 0.395. The van der Waals surface area contributed by atoms with Crippen LogP contribution in [0.2, 0.25) is 5.02 Å². The first-order chi connectivity index (χ1) is 14.1. The van der Waals surface area contributed by atoms with Crippen LogP contribution in [0.15, 0.2) is 36.7 Å². The molecule has 0 aliphatic carbocycles.